The van der Waals surface area contributed by atoms with Crippen LogP contribution in [-0.4, -0.2) is 59.5 Å². The zero-order valence-electron chi connectivity index (χ0n) is 12.2. The van der Waals surface area contributed by atoms with Gasteiger partial charge in [0.15, 0.2) is 0 Å². The first-order chi connectivity index (χ1) is 9.99. The number of carboxylic acid groups (broad SMARTS) is 1. The number of carbonyl (C=O) groups excluding carboxylic acids is 1. The highest BCUT2D eigenvalue weighted by Gasteiger charge is 2.35. The third-order valence-corrected chi connectivity index (χ3v) is 3.70. The van der Waals surface area contributed by atoms with Gasteiger partial charge < -0.3 is 10.0 Å². The summed E-state index contributed by atoms with van der Waals surface area (Å²) in [5.74, 6) is -1.41. The summed E-state index contributed by atoms with van der Waals surface area (Å²) in [7, 11) is 0. The fourth-order valence-corrected chi connectivity index (χ4v) is 2.54. The molecule has 1 rings (SSSR count). The summed E-state index contributed by atoms with van der Waals surface area (Å²) in [5, 5.41) is 26.3. The van der Waals surface area contributed by atoms with Gasteiger partial charge in [-0.3, -0.25) is 14.5 Å². The van der Waals surface area contributed by atoms with Crippen LogP contribution in [0.3, 0.4) is 0 Å². The van der Waals surface area contributed by atoms with Crippen molar-refractivity contribution in [1.82, 2.24) is 9.80 Å². The second-order valence-electron chi connectivity index (χ2n) is 5.31. The number of nitriles is 2. The van der Waals surface area contributed by atoms with E-state index < -0.39 is 11.9 Å². The van der Waals surface area contributed by atoms with Crippen LogP contribution in [0.4, 0.5) is 0 Å². The molecule has 1 amide bonds. The summed E-state index contributed by atoms with van der Waals surface area (Å²) in [6, 6.07) is 3.97. The lowest BCUT2D eigenvalue weighted by Crippen LogP contribution is -2.40. The summed E-state index contributed by atoms with van der Waals surface area (Å²) in [6.07, 6.45) is 0.455. The number of likely N-dealkylation sites (tertiary alicyclic amines) is 1. The molecule has 0 aromatic heterocycles. The lowest BCUT2D eigenvalue weighted by molar-refractivity contribution is -0.142. The molecule has 0 aromatic rings. The average Bonchev–Trinajstić information content (AvgIpc) is 2.79. The van der Waals surface area contributed by atoms with Gasteiger partial charge in [0.2, 0.25) is 5.91 Å². The number of nitrogens with zero attached hydrogens (tertiary/aromatic N) is 4. The van der Waals surface area contributed by atoms with Crippen LogP contribution >= 0.6 is 0 Å². The quantitative estimate of drug-likeness (QED) is 0.722. The van der Waals surface area contributed by atoms with Gasteiger partial charge in [-0.2, -0.15) is 10.5 Å². The van der Waals surface area contributed by atoms with E-state index in [4.69, 9.17) is 15.6 Å². The maximum atomic E-state index is 12.2. The third-order valence-electron chi connectivity index (χ3n) is 3.70. The van der Waals surface area contributed by atoms with E-state index in [0.29, 0.717) is 26.2 Å². The molecule has 1 saturated heterocycles. The summed E-state index contributed by atoms with van der Waals surface area (Å²) in [6.45, 7) is 3.57. The van der Waals surface area contributed by atoms with E-state index in [1.807, 2.05) is 24.0 Å². The molecule has 0 radical (unpaired) electrons. The van der Waals surface area contributed by atoms with Crippen LogP contribution in [0.25, 0.3) is 0 Å². The predicted octanol–water partition coefficient (Wildman–Crippen LogP) is 0.295. The standard InChI is InChI=1S/C14H20N4O3/c1-11-8-17(9-12(11)14(20)21)10-13(19)18(6-2-4-15)7-3-5-16/h11-12H,2-3,6-10H2,1H3,(H,20,21)/t11-,12-/m1/s1. The fourth-order valence-electron chi connectivity index (χ4n) is 2.54. The first kappa shape index (κ1) is 16.9. The molecule has 2 atom stereocenters. The Morgan fingerprint density at radius 1 is 1.24 bits per heavy atom. The van der Waals surface area contributed by atoms with Gasteiger partial charge in [-0.15, -0.1) is 0 Å². The van der Waals surface area contributed by atoms with E-state index in [-0.39, 0.29) is 31.2 Å². The minimum Gasteiger partial charge on any atom is -0.481 e. The molecular weight excluding hydrogens is 272 g/mol. The van der Waals surface area contributed by atoms with Crippen molar-refractivity contribution in [1.29, 1.82) is 10.5 Å². The number of aliphatic carboxylic acids is 1. The fraction of sp³-hybridized carbons (Fsp3) is 0.714. The van der Waals surface area contributed by atoms with Gasteiger partial charge >= 0.3 is 5.97 Å². The van der Waals surface area contributed by atoms with E-state index >= 15 is 0 Å². The van der Waals surface area contributed by atoms with Gasteiger partial charge in [0, 0.05) is 26.2 Å². The van der Waals surface area contributed by atoms with Gasteiger partial charge in [0.25, 0.3) is 0 Å². The molecule has 1 heterocycles. The van der Waals surface area contributed by atoms with Crippen LogP contribution in [0.2, 0.25) is 0 Å². The van der Waals surface area contributed by atoms with E-state index in [9.17, 15) is 9.59 Å². The lowest BCUT2D eigenvalue weighted by atomic mass is 9.99. The van der Waals surface area contributed by atoms with Crippen LogP contribution in [0.1, 0.15) is 19.8 Å². The van der Waals surface area contributed by atoms with Crippen LogP contribution in [0.15, 0.2) is 0 Å². The number of rotatable bonds is 7. The maximum absolute atomic E-state index is 12.2. The van der Waals surface area contributed by atoms with E-state index in [1.54, 1.807) is 0 Å². The molecule has 0 saturated carbocycles. The SMILES string of the molecule is C[C@@H]1CN(CC(=O)N(CCC#N)CCC#N)C[C@H]1C(=O)O. The Kier molecular flexibility index (Phi) is 6.64. The Hall–Kier alpha value is -2.12. The molecule has 21 heavy (non-hydrogen) atoms. The molecule has 0 aromatic carbocycles. The van der Waals surface area contributed by atoms with Crippen molar-refractivity contribution in [3.63, 3.8) is 0 Å². The normalized spacial score (nSPS) is 21.5. The molecule has 0 bridgehead atoms. The highest BCUT2D eigenvalue weighted by atomic mass is 16.4. The molecule has 1 fully saturated rings. The molecule has 7 nitrogen and oxygen atoms in total. The number of hydrogen-bond acceptors (Lipinski definition) is 5. The highest BCUT2D eigenvalue weighted by Crippen LogP contribution is 2.22. The molecule has 0 aliphatic carbocycles. The smallest absolute Gasteiger partial charge is 0.308 e. The van der Waals surface area contributed by atoms with Crippen LogP contribution in [-0.2, 0) is 9.59 Å². The average molecular weight is 292 g/mol. The molecule has 0 unspecified atom stereocenters. The van der Waals surface area contributed by atoms with Crippen molar-refractivity contribution >= 4 is 11.9 Å². The van der Waals surface area contributed by atoms with Crippen molar-refractivity contribution in [2.75, 3.05) is 32.7 Å². The Balaban J connectivity index is 2.55. The van der Waals surface area contributed by atoms with Gasteiger partial charge in [0.1, 0.15) is 0 Å². The van der Waals surface area contributed by atoms with E-state index in [2.05, 4.69) is 0 Å². The Morgan fingerprint density at radius 3 is 2.24 bits per heavy atom. The Labute approximate surface area is 124 Å². The van der Waals surface area contributed by atoms with Gasteiger partial charge in [-0.25, -0.2) is 0 Å². The van der Waals surface area contributed by atoms with Gasteiger partial charge in [-0.1, -0.05) is 6.92 Å². The Morgan fingerprint density at radius 2 is 1.81 bits per heavy atom. The molecule has 1 aliphatic rings. The highest BCUT2D eigenvalue weighted by molar-refractivity contribution is 5.78. The topological polar surface area (TPSA) is 108 Å². The number of amides is 1. The van der Waals surface area contributed by atoms with Crippen LogP contribution in [0.5, 0.6) is 0 Å². The molecule has 7 heteroatoms. The molecule has 1 aliphatic heterocycles. The summed E-state index contributed by atoms with van der Waals surface area (Å²) < 4.78 is 0. The second kappa shape index (κ2) is 8.23. The molecule has 114 valence electrons. The first-order valence-electron chi connectivity index (χ1n) is 6.96. The maximum Gasteiger partial charge on any atom is 0.308 e. The number of carbonyl (C=O) groups is 2. The Bertz CT molecular complexity index is 448. The van der Waals surface area contributed by atoms with E-state index in [1.165, 1.54) is 4.90 Å². The molecular formula is C14H20N4O3. The number of carboxylic acids is 1. The van der Waals surface area contributed by atoms with Gasteiger partial charge in [-0.05, 0) is 5.92 Å². The van der Waals surface area contributed by atoms with Crippen molar-refractivity contribution in [3.05, 3.63) is 0 Å². The minimum atomic E-state index is -0.830. The molecule has 0 spiro atoms. The monoisotopic (exact) mass is 292 g/mol. The van der Waals surface area contributed by atoms with Crippen molar-refractivity contribution in [2.45, 2.75) is 19.8 Å². The minimum absolute atomic E-state index is 0.0157. The third kappa shape index (κ3) is 5.05. The van der Waals surface area contributed by atoms with Crippen molar-refractivity contribution in [2.24, 2.45) is 11.8 Å². The van der Waals surface area contributed by atoms with Gasteiger partial charge in [0.05, 0.1) is 37.4 Å². The van der Waals surface area contributed by atoms with Crippen LogP contribution < -0.4 is 0 Å². The first-order valence-corrected chi connectivity index (χ1v) is 6.96. The predicted molar refractivity (Wildman–Crippen MR) is 73.8 cm³/mol. The zero-order chi connectivity index (χ0) is 15.8. The van der Waals surface area contributed by atoms with E-state index in [0.717, 1.165) is 0 Å². The largest absolute Gasteiger partial charge is 0.481 e. The lowest BCUT2D eigenvalue weighted by Gasteiger charge is -2.23. The van der Waals surface area contributed by atoms with Crippen molar-refractivity contribution in [3.8, 4) is 12.1 Å². The second-order valence-corrected chi connectivity index (χ2v) is 5.31. The zero-order valence-corrected chi connectivity index (χ0v) is 12.2. The molecule has 1 N–H and O–H groups in total. The summed E-state index contributed by atoms with van der Waals surface area (Å²) >= 11 is 0. The summed E-state index contributed by atoms with van der Waals surface area (Å²) in [5.41, 5.74) is 0. The summed E-state index contributed by atoms with van der Waals surface area (Å²) in [4.78, 5) is 26.6. The van der Waals surface area contributed by atoms with Crippen molar-refractivity contribution < 1.29 is 14.7 Å². The number of hydrogen-bond donors (Lipinski definition) is 1. The van der Waals surface area contributed by atoms with Crippen LogP contribution in [0, 0.1) is 34.5 Å².